The third-order valence-electron chi connectivity index (χ3n) is 3.34. The molecule has 0 aliphatic carbocycles. The summed E-state index contributed by atoms with van der Waals surface area (Å²) in [6.07, 6.45) is 5.68. The second kappa shape index (κ2) is 5.58. The van der Waals surface area contributed by atoms with Crippen LogP contribution in [0.3, 0.4) is 0 Å². The molecule has 0 spiro atoms. The molecule has 6 heteroatoms. The monoisotopic (exact) mass is 265 g/mol. The Labute approximate surface area is 113 Å². The topological polar surface area (TPSA) is 58.3 Å². The Morgan fingerprint density at radius 3 is 2.83 bits per heavy atom. The molecular weight excluding hydrogens is 246 g/mol. The van der Waals surface area contributed by atoms with Crippen molar-refractivity contribution in [1.82, 2.24) is 14.9 Å². The molecule has 1 aliphatic heterocycles. The van der Waals surface area contributed by atoms with Crippen LogP contribution in [-0.2, 0) is 0 Å². The molecule has 1 fully saturated rings. The number of nitrogens with two attached hydrogens (primary N) is 1. The van der Waals surface area contributed by atoms with Crippen LogP contribution in [0.2, 0.25) is 0 Å². The van der Waals surface area contributed by atoms with Gasteiger partial charge in [0.05, 0.1) is 0 Å². The lowest BCUT2D eigenvalue weighted by atomic mass is 10.0. The summed E-state index contributed by atoms with van der Waals surface area (Å²) >= 11 is 5.04. The molecule has 1 unspecified atom stereocenters. The van der Waals surface area contributed by atoms with Gasteiger partial charge < -0.3 is 15.5 Å². The summed E-state index contributed by atoms with van der Waals surface area (Å²) in [5, 5.41) is 0. The summed E-state index contributed by atoms with van der Waals surface area (Å²) in [4.78, 5) is 13.4. The van der Waals surface area contributed by atoms with Crippen LogP contribution in [-0.4, -0.2) is 53.1 Å². The van der Waals surface area contributed by atoms with Crippen molar-refractivity contribution in [3.63, 3.8) is 0 Å². The number of rotatable bonds is 3. The maximum Gasteiger partial charge on any atom is 0.157 e. The maximum atomic E-state index is 5.71. The van der Waals surface area contributed by atoms with E-state index in [2.05, 4.69) is 33.9 Å². The van der Waals surface area contributed by atoms with E-state index in [1.165, 1.54) is 6.42 Å². The average Bonchev–Trinajstić information content (AvgIpc) is 2.39. The summed E-state index contributed by atoms with van der Waals surface area (Å²) < 4.78 is 0. The third kappa shape index (κ3) is 2.76. The largest absolute Gasteiger partial charge is 0.388 e. The predicted molar refractivity (Wildman–Crippen MR) is 76.8 cm³/mol. The van der Waals surface area contributed by atoms with Crippen molar-refractivity contribution in [3.8, 4) is 0 Å². The molecule has 2 rings (SSSR count). The van der Waals surface area contributed by atoms with Gasteiger partial charge in [0.2, 0.25) is 0 Å². The quantitative estimate of drug-likeness (QED) is 0.810. The number of aromatic nitrogens is 2. The van der Waals surface area contributed by atoms with E-state index in [-0.39, 0.29) is 0 Å². The third-order valence-corrected chi connectivity index (χ3v) is 3.53. The van der Waals surface area contributed by atoms with Crippen molar-refractivity contribution in [3.05, 3.63) is 18.1 Å². The number of nitrogens with zero attached hydrogens (tertiary/aromatic N) is 4. The van der Waals surface area contributed by atoms with Crippen molar-refractivity contribution >= 4 is 23.0 Å². The molecule has 18 heavy (non-hydrogen) atoms. The van der Waals surface area contributed by atoms with Gasteiger partial charge in [-0.05, 0) is 26.9 Å². The Hall–Kier alpha value is -1.27. The van der Waals surface area contributed by atoms with Gasteiger partial charge in [0.25, 0.3) is 0 Å². The summed E-state index contributed by atoms with van der Waals surface area (Å²) in [6, 6.07) is 0.542. The number of hydrogen-bond donors (Lipinski definition) is 1. The zero-order valence-corrected chi connectivity index (χ0v) is 11.7. The fourth-order valence-electron chi connectivity index (χ4n) is 2.30. The molecule has 5 nitrogen and oxygen atoms in total. The highest BCUT2D eigenvalue weighted by atomic mass is 32.1. The van der Waals surface area contributed by atoms with Crippen LogP contribution in [0.4, 0.5) is 5.82 Å². The molecule has 0 amide bonds. The first kappa shape index (κ1) is 13.2. The van der Waals surface area contributed by atoms with Crippen molar-refractivity contribution in [2.75, 3.05) is 32.1 Å². The Bertz CT molecular complexity index is 434. The van der Waals surface area contributed by atoms with Crippen molar-refractivity contribution in [2.24, 2.45) is 5.73 Å². The Balaban J connectivity index is 2.23. The van der Waals surface area contributed by atoms with Crippen LogP contribution in [0.25, 0.3) is 0 Å². The normalized spacial score (nSPS) is 20.2. The van der Waals surface area contributed by atoms with E-state index in [1.54, 1.807) is 12.4 Å². The Morgan fingerprint density at radius 2 is 2.17 bits per heavy atom. The van der Waals surface area contributed by atoms with Gasteiger partial charge in [-0.2, -0.15) is 0 Å². The van der Waals surface area contributed by atoms with Crippen LogP contribution in [0.1, 0.15) is 18.5 Å². The van der Waals surface area contributed by atoms with Gasteiger partial charge in [-0.15, -0.1) is 0 Å². The van der Waals surface area contributed by atoms with Crippen molar-refractivity contribution < 1.29 is 0 Å². The van der Waals surface area contributed by atoms with Gasteiger partial charge in [-0.25, -0.2) is 9.97 Å². The molecule has 2 N–H and O–H groups in total. The molecule has 0 saturated carbocycles. The zero-order chi connectivity index (χ0) is 13.1. The second-order valence-electron chi connectivity index (χ2n) is 4.80. The molecule has 98 valence electrons. The van der Waals surface area contributed by atoms with E-state index >= 15 is 0 Å². The smallest absolute Gasteiger partial charge is 0.157 e. The van der Waals surface area contributed by atoms with Gasteiger partial charge in [-0.3, -0.25) is 0 Å². The Morgan fingerprint density at radius 1 is 1.44 bits per heavy atom. The minimum absolute atomic E-state index is 0.310. The SMILES string of the molecule is CN(C)C1CCCN(c2nccnc2C(N)=S)C1. The molecule has 1 aliphatic rings. The first-order valence-electron chi connectivity index (χ1n) is 6.11. The molecule has 1 aromatic rings. The molecule has 1 saturated heterocycles. The number of hydrogen-bond acceptors (Lipinski definition) is 5. The van der Waals surface area contributed by atoms with Gasteiger partial charge in [-0.1, -0.05) is 12.2 Å². The van der Waals surface area contributed by atoms with Crippen molar-refractivity contribution in [2.45, 2.75) is 18.9 Å². The molecular formula is C12H19N5S. The van der Waals surface area contributed by atoms with Gasteiger partial charge in [0.15, 0.2) is 5.82 Å². The number of likely N-dealkylation sites (N-methyl/N-ethyl adjacent to an activating group) is 1. The second-order valence-corrected chi connectivity index (χ2v) is 5.24. The highest BCUT2D eigenvalue weighted by molar-refractivity contribution is 7.80. The maximum absolute atomic E-state index is 5.71. The highest BCUT2D eigenvalue weighted by Crippen LogP contribution is 2.21. The average molecular weight is 265 g/mol. The summed E-state index contributed by atoms with van der Waals surface area (Å²) in [5.41, 5.74) is 6.34. The summed E-state index contributed by atoms with van der Waals surface area (Å²) in [7, 11) is 4.22. The molecule has 0 bridgehead atoms. The number of thiocarbonyl (C=S) groups is 1. The predicted octanol–water partition coefficient (Wildman–Crippen LogP) is 0.641. The molecule has 1 atom stereocenters. The summed E-state index contributed by atoms with van der Waals surface area (Å²) in [5.74, 6) is 0.816. The van der Waals surface area contributed by atoms with Crippen LogP contribution < -0.4 is 10.6 Å². The first-order valence-corrected chi connectivity index (χ1v) is 6.52. The summed E-state index contributed by atoms with van der Waals surface area (Å²) in [6.45, 7) is 1.93. The van der Waals surface area contributed by atoms with Gasteiger partial charge in [0.1, 0.15) is 10.7 Å². The van der Waals surface area contributed by atoms with Crippen LogP contribution in [0, 0.1) is 0 Å². The fourth-order valence-corrected chi connectivity index (χ4v) is 2.45. The highest BCUT2D eigenvalue weighted by Gasteiger charge is 2.24. The van der Waals surface area contributed by atoms with Crippen molar-refractivity contribution in [1.29, 1.82) is 0 Å². The van der Waals surface area contributed by atoms with E-state index in [9.17, 15) is 0 Å². The van der Waals surface area contributed by atoms with Crippen LogP contribution >= 0.6 is 12.2 Å². The molecule has 0 aromatic carbocycles. The van der Waals surface area contributed by atoms with E-state index in [4.69, 9.17) is 18.0 Å². The lowest BCUT2D eigenvalue weighted by molar-refractivity contribution is 0.257. The van der Waals surface area contributed by atoms with Gasteiger partial charge in [0, 0.05) is 31.5 Å². The molecule has 0 radical (unpaired) electrons. The molecule has 1 aromatic heterocycles. The Kier molecular flexibility index (Phi) is 4.08. The molecule has 2 heterocycles. The zero-order valence-electron chi connectivity index (χ0n) is 10.8. The van der Waals surface area contributed by atoms with Crippen LogP contribution in [0.15, 0.2) is 12.4 Å². The minimum atomic E-state index is 0.310. The van der Waals surface area contributed by atoms with Gasteiger partial charge >= 0.3 is 0 Å². The number of piperidine rings is 1. The minimum Gasteiger partial charge on any atom is -0.388 e. The first-order chi connectivity index (χ1) is 8.59. The lowest BCUT2D eigenvalue weighted by Gasteiger charge is -2.37. The van der Waals surface area contributed by atoms with Crippen LogP contribution in [0.5, 0.6) is 0 Å². The standard InChI is InChI=1S/C12H19N5S/c1-16(2)9-4-3-7-17(8-9)12-10(11(13)18)14-5-6-15-12/h5-6,9H,3-4,7-8H2,1-2H3,(H2,13,18). The van der Waals surface area contributed by atoms with E-state index in [1.807, 2.05) is 0 Å². The lowest BCUT2D eigenvalue weighted by Crippen LogP contribution is -2.46. The number of anilines is 1. The van der Waals surface area contributed by atoms with E-state index in [0.717, 1.165) is 25.3 Å². The fraction of sp³-hybridized carbons (Fsp3) is 0.583. The van der Waals surface area contributed by atoms with E-state index < -0.39 is 0 Å². The van der Waals surface area contributed by atoms with E-state index in [0.29, 0.717) is 16.7 Å².